The fraction of sp³-hybridized carbons (Fsp3) is 0.316. The van der Waals surface area contributed by atoms with Crippen LogP contribution in [0.2, 0.25) is 0 Å². The van der Waals surface area contributed by atoms with Crippen molar-refractivity contribution in [1.82, 2.24) is 4.72 Å². The maximum absolute atomic E-state index is 14.1. The summed E-state index contributed by atoms with van der Waals surface area (Å²) in [4.78, 5) is 28.1. The molecule has 0 radical (unpaired) electrons. The van der Waals surface area contributed by atoms with E-state index in [4.69, 9.17) is 15.2 Å². The maximum Gasteiger partial charge on any atom is 0.241 e. The number of ether oxygens (including phenoxy) is 2. The Morgan fingerprint density at radius 1 is 0.833 bits per heavy atom. The number of nitrogens with one attached hydrogen (secondary N) is 2. The minimum absolute atomic E-state index is 0.0361. The highest BCUT2D eigenvalue weighted by atomic mass is 32.2. The van der Waals surface area contributed by atoms with Crippen LogP contribution in [0.25, 0.3) is 0 Å². The van der Waals surface area contributed by atoms with Crippen LogP contribution in [0.1, 0.15) is 88.2 Å². The second-order valence-corrected chi connectivity index (χ2v) is 14.8. The molecule has 48 heavy (non-hydrogen) atoms. The highest BCUT2D eigenvalue weighted by Gasteiger charge is 2.36. The van der Waals surface area contributed by atoms with Gasteiger partial charge in [-0.15, -0.1) is 0 Å². The largest absolute Gasteiger partial charge is 0.455 e. The zero-order valence-electron chi connectivity index (χ0n) is 28.5. The first-order chi connectivity index (χ1) is 22.7. The predicted octanol–water partition coefficient (Wildman–Crippen LogP) is 7.51. The Labute approximate surface area is 282 Å². The van der Waals surface area contributed by atoms with Crippen LogP contribution in [-0.2, 0) is 20.2 Å². The Balaban J connectivity index is 1.63. The number of benzene rings is 4. The molecule has 0 amide bonds. The van der Waals surface area contributed by atoms with Gasteiger partial charge in [0.1, 0.15) is 5.75 Å². The summed E-state index contributed by atoms with van der Waals surface area (Å²) in [5.74, 6) is -0.0890. The van der Waals surface area contributed by atoms with E-state index in [2.05, 4.69) is 30.8 Å². The van der Waals surface area contributed by atoms with Gasteiger partial charge in [-0.3, -0.25) is 9.59 Å². The van der Waals surface area contributed by atoms with Gasteiger partial charge in [-0.1, -0.05) is 70.2 Å². The fourth-order valence-electron chi connectivity index (χ4n) is 6.10. The summed E-state index contributed by atoms with van der Waals surface area (Å²) < 4.78 is 41.5. The molecule has 0 unspecified atom stereocenters. The van der Waals surface area contributed by atoms with E-state index in [1.165, 1.54) is 0 Å². The third kappa shape index (κ3) is 6.74. The van der Waals surface area contributed by atoms with E-state index < -0.39 is 15.8 Å². The van der Waals surface area contributed by atoms with Gasteiger partial charge in [0.05, 0.1) is 34.0 Å². The van der Waals surface area contributed by atoms with Crippen LogP contribution < -0.4 is 20.5 Å². The number of nitrogen functional groups attached to an aromatic ring is 1. The van der Waals surface area contributed by atoms with Crippen molar-refractivity contribution in [3.63, 3.8) is 0 Å². The van der Waals surface area contributed by atoms with Crippen LogP contribution in [0, 0.1) is 20.8 Å². The van der Waals surface area contributed by atoms with E-state index in [9.17, 15) is 18.0 Å². The van der Waals surface area contributed by atoms with Gasteiger partial charge in [-0.25, -0.2) is 13.1 Å². The molecule has 252 valence electrons. The number of hydrogen-bond acceptors (Lipinski definition) is 8. The number of rotatable bonds is 11. The highest BCUT2D eigenvalue weighted by Crippen LogP contribution is 2.44. The zero-order chi connectivity index (χ0) is 35.0. The maximum atomic E-state index is 14.1. The second-order valence-electron chi connectivity index (χ2n) is 13.1. The van der Waals surface area contributed by atoms with Crippen LogP contribution in [0.5, 0.6) is 11.5 Å². The van der Waals surface area contributed by atoms with Crippen LogP contribution in [0.15, 0.2) is 65.6 Å². The smallest absolute Gasteiger partial charge is 0.241 e. The second kappa shape index (κ2) is 13.5. The standard InChI is InChI=1S/C38H43N3O6S/c1-8-18-46-19-17-40-48(44,45)37-23(3)20-22(2)34(24(37)4)41-29-21-30(47-26-15-13-25(14-16-26)38(5,6)7)33(39)32-31(29)35(42)27-11-9-10-12-28(27)36(32)43/h9-16,20-21,40-41H,8,17-19,39H2,1-7H3. The quantitative estimate of drug-likeness (QED) is 0.0971. The summed E-state index contributed by atoms with van der Waals surface area (Å²) >= 11 is 0. The Morgan fingerprint density at radius 3 is 2.06 bits per heavy atom. The Morgan fingerprint density at radius 2 is 1.46 bits per heavy atom. The van der Waals surface area contributed by atoms with Crippen molar-refractivity contribution in [3.8, 4) is 11.5 Å². The van der Waals surface area contributed by atoms with Gasteiger partial charge in [0.25, 0.3) is 0 Å². The first kappa shape index (κ1) is 34.8. The molecule has 0 saturated carbocycles. The summed E-state index contributed by atoms with van der Waals surface area (Å²) in [5.41, 5.74) is 10.9. The SMILES string of the molecule is CCCOCCNS(=O)(=O)c1c(C)cc(C)c(Nc2cc(Oc3ccc(C(C)(C)C)cc3)c(N)c3c2C(=O)c2ccccc2C3=O)c1C. The van der Waals surface area contributed by atoms with Gasteiger partial charge >= 0.3 is 0 Å². The van der Waals surface area contributed by atoms with E-state index in [0.717, 1.165) is 17.5 Å². The minimum atomic E-state index is -3.92. The molecule has 4 N–H and O–H groups in total. The average molecular weight is 670 g/mol. The van der Waals surface area contributed by atoms with Crippen molar-refractivity contribution in [3.05, 3.63) is 105 Å². The molecule has 4 aromatic rings. The van der Waals surface area contributed by atoms with E-state index in [-0.39, 0.29) is 68.6 Å². The molecule has 0 fully saturated rings. The van der Waals surface area contributed by atoms with Crippen LogP contribution in [-0.4, -0.2) is 39.7 Å². The van der Waals surface area contributed by atoms with Gasteiger partial charge in [0.15, 0.2) is 17.3 Å². The topological polar surface area (TPSA) is 137 Å². The summed E-state index contributed by atoms with van der Waals surface area (Å²) in [6, 6.07) is 17.6. The lowest BCUT2D eigenvalue weighted by molar-refractivity contribution is 0.0980. The summed E-state index contributed by atoms with van der Waals surface area (Å²) in [6.45, 7) is 14.6. The van der Waals surface area contributed by atoms with Gasteiger partial charge in [-0.05, 0) is 67.0 Å². The van der Waals surface area contributed by atoms with Gasteiger partial charge < -0.3 is 20.5 Å². The Bertz CT molecular complexity index is 2010. The highest BCUT2D eigenvalue weighted by molar-refractivity contribution is 7.89. The fourth-order valence-corrected chi connectivity index (χ4v) is 7.59. The van der Waals surface area contributed by atoms with Crippen LogP contribution in [0.3, 0.4) is 0 Å². The van der Waals surface area contributed by atoms with Crippen LogP contribution in [0.4, 0.5) is 17.1 Å². The van der Waals surface area contributed by atoms with E-state index in [1.807, 2.05) is 38.1 Å². The molecular formula is C38H43N3O6S. The Hall–Kier alpha value is -4.51. The third-order valence-electron chi connectivity index (χ3n) is 8.46. The molecule has 0 spiro atoms. The molecule has 0 bridgehead atoms. The number of ketones is 2. The predicted molar refractivity (Wildman–Crippen MR) is 190 cm³/mol. The van der Waals surface area contributed by atoms with Crippen molar-refractivity contribution >= 4 is 38.7 Å². The number of anilines is 3. The first-order valence-electron chi connectivity index (χ1n) is 16.0. The number of fused-ring (bicyclic) bond motifs is 2. The lowest BCUT2D eigenvalue weighted by atomic mass is 9.82. The molecular weight excluding hydrogens is 627 g/mol. The minimum Gasteiger partial charge on any atom is -0.455 e. The monoisotopic (exact) mass is 669 g/mol. The molecule has 0 aliphatic heterocycles. The van der Waals surface area contributed by atoms with E-state index in [0.29, 0.717) is 29.2 Å². The van der Waals surface area contributed by atoms with Crippen molar-refractivity contribution in [2.75, 3.05) is 30.8 Å². The summed E-state index contributed by atoms with van der Waals surface area (Å²) in [7, 11) is -3.92. The first-order valence-corrected chi connectivity index (χ1v) is 17.5. The number of nitrogens with two attached hydrogens (primary N) is 1. The average Bonchev–Trinajstić information content (AvgIpc) is 3.02. The van der Waals surface area contributed by atoms with Gasteiger partial charge in [0.2, 0.25) is 10.0 Å². The molecule has 1 aliphatic rings. The number of carbonyl (C=O) groups excluding carboxylic acids is 2. The molecule has 0 heterocycles. The zero-order valence-corrected chi connectivity index (χ0v) is 29.4. The van der Waals surface area contributed by atoms with Gasteiger partial charge in [-0.2, -0.15) is 0 Å². The van der Waals surface area contributed by atoms with E-state index >= 15 is 0 Å². The van der Waals surface area contributed by atoms with E-state index in [1.54, 1.807) is 50.2 Å². The van der Waals surface area contributed by atoms with Crippen molar-refractivity contribution in [1.29, 1.82) is 0 Å². The molecule has 10 heteroatoms. The Kier molecular flexibility index (Phi) is 9.82. The molecule has 4 aromatic carbocycles. The number of aryl methyl sites for hydroxylation is 2. The van der Waals surface area contributed by atoms with Crippen LogP contribution >= 0.6 is 0 Å². The molecule has 0 saturated heterocycles. The summed E-state index contributed by atoms with van der Waals surface area (Å²) in [5, 5.41) is 3.33. The third-order valence-corrected chi connectivity index (χ3v) is 10.2. The number of hydrogen-bond donors (Lipinski definition) is 3. The number of carbonyl (C=O) groups is 2. The molecule has 1 aliphatic carbocycles. The van der Waals surface area contributed by atoms with Gasteiger partial charge in [0, 0.05) is 36.0 Å². The lowest BCUT2D eigenvalue weighted by Crippen LogP contribution is -2.29. The normalized spacial score (nSPS) is 12.9. The molecule has 5 rings (SSSR count). The summed E-state index contributed by atoms with van der Waals surface area (Å²) in [6.07, 6.45) is 0.836. The molecule has 9 nitrogen and oxygen atoms in total. The van der Waals surface area contributed by atoms with Crippen molar-refractivity contribution in [2.45, 2.75) is 65.2 Å². The molecule has 0 atom stereocenters. The molecule has 0 aromatic heterocycles. The van der Waals surface area contributed by atoms with Crippen molar-refractivity contribution < 1.29 is 27.5 Å². The van der Waals surface area contributed by atoms with Crippen molar-refractivity contribution in [2.24, 2.45) is 0 Å². The lowest BCUT2D eigenvalue weighted by Gasteiger charge is -2.26. The number of sulfonamides is 1.